The van der Waals surface area contributed by atoms with Crippen LogP contribution in [0, 0.1) is 5.82 Å². The zero-order valence-corrected chi connectivity index (χ0v) is 19.8. The molecule has 2 aromatic rings. The number of halogens is 1. The summed E-state index contributed by atoms with van der Waals surface area (Å²) in [4.78, 5) is 14.8. The average Bonchev–Trinajstić information content (AvgIpc) is 2.80. The second-order valence-corrected chi connectivity index (χ2v) is 9.76. The molecule has 1 fully saturated rings. The fourth-order valence-electron chi connectivity index (χ4n) is 3.74. The molecule has 2 aromatic carbocycles. The zero-order valence-electron chi connectivity index (χ0n) is 19.0. The van der Waals surface area contributed by atoms with Crippen LogP contribution < -0.4 is 19.5 Å². The lowest BCUT2D eigenvalue weighted by atomic mass is 10.0. The van der Waals surface area contributed by atoms with Gasteiger partial charge >= 0.3 is 0 Å². The highest BCUT2D eigenvalue weighted by Crippen LogP contribution is 2.20. The molecule has 0 spiro atoms. The largest absolute Gasteiger partial charge is 0.497 e. The Morgan fingerprint density at radius 1 is 1.12 bits per heavy atom. The summed E-state index contributed by atoms with van der Waals surface area (Å²) in [7, 11) is -0.906. The third-order valence-corrected chi connectivity index (χ3v) is 7.21. The summed E-state index contributed by atoms with van der Waals surface area (Å²) < 4.78 is 51.4. The molecule has 0 unspecified atom stereocenters. The van der Waals surface area contributed by atoms with Crippen LogP contribution in [0.5, 0.6) is 11.5 Å². The number of carbonyl (C=O) groups excluding carboxylic acids is 1. The monoisotopic (exact) mass is 479 g/mol. The molecule has 1 aliphatic rings. The predicted octanol–water partition coefficient (Wildman–Crippen LogP) is 2.29. The summed E-state index contributed by atoms with van der Waals surface area (Å²) in [5.41, 5.74) is 0.859. The summed E-state index contributed by atoms with van der Waals surface area (Å²) in [6, 6.07) is 9.92. The number of nitrogens with zero attached hydrogens (tertiary/aromatic N) is 1. The van der Waals surface area contributed by atoms with E-state index in [2.05, 4.69) is 14.9 Å². The van der Waals surface area contributed by atoms with Gasteiger partial charge in [0.2, 0.25) is 15.9 Å². The first-order valence-electron chi connectivity index (χ1n) is 10.7. The van der Waals surface area contributed by atoms with Gasteiger partial charge in [-0.05, 0) is 61.7 Å². The minimum absolute atomic E-state index is 0.0469. The molecule has 1 aliphatic heterocycles. The molecule has 8 nitrogen and oxygen atoms in total. The van der Waals surface area contributed by atoms with Crippen LogP contribution in [0.3, 0.4) is 0 Å². The van der Waals surface area contributed by atoms with E-state index >= 15 is 0 Å². The fourth-order valence-corrected chi connectivity index (χ4v) is 4.94. The first-order valence-corrected chi connectivity index (χ1v) is 12.2. The van der Waals surface area contributed by atoms with E-state index in [1.165, 1.54) is 39.3 Å². The molecule has 10 heteroatoms. The van der Waals surface area contributed by atoms with Gasteiger partial charge in [-0.1, -0.05) is 6.07 Å². The van der Waals surface area contributed by atoms with Gasteiger partial charge in [-0.3, -0.25) is 9.69 Å². The molecule has 33 heavy (non-hydrogen) atoms. The highest BCUT2D eigenvalue weighted by Gasteiger charge is 2.26. The number of carbonyl (C=O) groups is 1. The van der Waals surface area contributed by atoms with E-state index in [-0.39, 0.29) is 28.4 Å². The molecule has 0 aliphatic carbocycles. The third-order valence-electron chi connectivity index (χ3n) is 5.65. The van der Waals surface area contributed by atoms with Crippen LogP contribution >= 0.6 is 0 Å². The fraction of sp³-hybridized carbons (Fsp3) is 0.435. The Kier molecular flexibility index (Phi) is 8.28. The molecule has 0 saturated carbocycles. The summed E-state index contributed by atoms with van der Waals surface area (Å²) in [6.07, 6.45) is 1.45. The minimum atomic E-state index is -3.84. The molecule has 1 amide bonds. The van der Waals surface area contributed by atoms with E-state index < -0.39 is 16.1 Å². The highest BCUT2D eigenvalue weighted by atomic mass is 32.2. The quantitative estimate of drug-likeness (QED) is 0.573. The number of nitrogens with one attached hydrogen (secondary N) is 2. The topological polar surface area (TPSA) is 97.0 Å². The van der Waals surface area contributed by atoms with Crippen molar-refractivity contribution in [3.8, 4) is 11.5 Å². The Morgan fingerprint density at radius 2 is 1.79 bits per heavy atom. The highest BCUT2D eigenvalue weighted by molar-refractivity contribution is 7.89. The Bertz CT molecular complexity index is 1050. The van der Waals surface area contributed by atoms with Gasteiger partial charge in [-0.25, -0.2) is 12.8 Å². The van der Waals surface area contributed by atoms with Gasteiger partial charge in [-0.2, -0.15) is 4.72 Å². The first kappa shape index (κ1) is 24.9. The van der Waals surface area contributed by atoms with Gasteiger partial charge < -0.3 is 14.8 Å². The second kappa shape index (κ2) is 11.0. The minimum Gasteiger partial charge on any atom is -0.497 e. The smallest absolute Gasteiger partial charge is 0.241 e. The van der Waals surface area contributed by atoms with Crippen LogP contribution in [0.1, 0.15) is 25.3 Å². The number of piperidine rings is 1. The lowest BCUT2D eigenvalue weighted by Gasteiger charge is -2.33. The van der Waals surface area contributed by atoms with Crippen LogP contribution in [0.15, 0.2) is 47.4 Å². The maximum absolute atomic E-state index is 13.9. The van der Waals surface area contributed by atoms with Crippen molar-refractivity contribution in [2.24, 2.45) is 0 Å². The van der Waals surface area contributed by atoms with Crippen molar-refractivity contribution in [3.63, 3.8) is 0 Å². The maximum Gasteiger partial charge on any atom is 0.241 e. The molecular weight excluding hydrogens is 449 g/mol. The van der Waals surface area contributed by atoms with E-state index in [0.717, 1.165) is 31.5 Å². The predicted molar refractivity (Wildman–Crippen MR) is 122 cm³/mol. The van der Waals surface area contributed by atoms with Crippen LogP contribution in [0.4, 0.5) is 4.39 Å². The summed E-state index contributed by atoms with van der Waals surface area (Å²) in [5, 5.41) is 2.93. The van der Waals surface area contributed by atoms with Crippen molar-refractivity contribution in [2.45, 2.75) is 43.3 Å². The number of methoxy groups -OCH3 is 2. The van der Waals surface area contributed by atoms with E-state index in [1.807, 2.05) is 6.07 Å². The van der Waals surface area contributed by atoms with Gasteiger partial charge in [0.15, 0.2) is 11.6 Å². The number of ether oxygens (including phenoxy) is 2. The number of benzene rings is 2. The normalized spacial score (nSPS) is 16.2. The summed E-state index contributed by atoms with van der Waals surface area (Å²) >= 11 is 0. The number of rotatable bonds is 9. The van der Waals surface area contributed by atoms with Crippen LogP contribution in [-0.2, 0) is 21.4 Å². The lowest BCUT2D eigenvalue weighted by Crippen LogP contribution is -2.50. The maximum atomic E-state index is 13.9. The van der Waals surface area contributed by atoms with Gasteiger partial charge in [0, 0.05) is 25.7 Å². The van der Waals surface area contributed by atoms with Gasteiger partial charge in [0.1, 0.15) is 5.75 Å². The van der Waals surface area contributed by atoms with Crippen molar-refractivity contribution in [1.82, 2.24) is 14.9 Å². The molecule has 0 aromatic heterocycles. The van der Waals surface area contributed by atoms with Gasteiger partial charge in [0.05, 0.1) is 25.2 Å². The molecular formula is C23H30FN3O5S. The van der Waals surface area contributed by atoms with Crippen molar-refractivity contribution >= 4 is 15.9 Å². The van der Waals surface area contributed by atoms with Crippen molar-refractivity contribution in [3.05, 3.63) is 53.8 Å². The van der Waals surface area contributed by atoms with Crippen LogP contribution in [0.2, 0.25) is 0 Å². The Morgan fingerprint density at radius 3 is 2.36 bits per heavy atom. The number of hydrogen-bond donors (Lipinski definition) is 2. The Hall–Kier alpha value is -2.69. The zero-order chi connectivity index (χ0) is 24.0. The summed E-state index contributed by atoms with van der Waals surface area (Å²) in [5.74, 6) is 0.00565. The molecule has 0 bridgehead atoms. The number of hydrogen-bond acceptors (Lipinski definition) is 6. The van der Waals surface area contributed by atoms with Crippen molar-refractivity contribution in [2.75, 3.05) is 27.3 Å². The molecule has 0 radical (unpaired) electrons. The molecule has 1 atom stereocenters. The lowest BCUT2D eigenvalue weighted by molar-refractivity contribution is -0.123. The molecule has 2 N–H and O–H groups in total. The van der Waals surface area contributed by atoms with Gasteiger partial charge in [-0.15, -0.1) is 0 Å². The van der Waals surface area contributed by atoms with Crippen molar-refractivity contribution < 1.29 is 27.1 Å². The molecule has 180 valence electrons. The van der Waals surface area contributed by atoms with E-state index in [0.29, 0.717) is 12.3 Å². The molecule has 3 rings (SSSR count). The Labute approximate surface area is 194 Å². The molecule has 1 saturated heterocycles. The summed E-state index contributed by atoms with van der Waals surface area (Å²) in [6.45, 7) is 3.61. The average molecular weight is 480 g/mol. The van der Waals surface area contributed by atoms with E-state index in [4.69, 9.17) is 9.47 Å². The molecule has 1 heterocycles. The van der Waals surface area contributed by atoms with Gasteiger partial charge in [0.25, 0.3) is 0 Å². The number of likely N-dealkylation sites (tertiary alicyclic amines) is 1. The number of sulfonamides is 1. The van der Waals surface area contributed by atoms with E-state index in [1.54, 1.807) is 18.2 Å². The number of amides is 1. The van der Waals surface area contributed by atoms with Crippen LogP contribution in [0.25, 0.3) is 0 Å². The van der Waals surface area contributed by atoms with Crippen molar-refractivity contribution in [1.29, 1.82) is 0 Å². The standard InChI is InChI=1S/C23H30FN3O5S/c1-16(26-33(29,30)20-7-5-19(31-2)6-8-20)23(28)25-18-10-12-27(13-11-18)15-17-4-9-22(32-3)21(24)14-17/h4-9,14,16,18,26H,10-13,15H2,1-3H3,(H,25,28)/t16-/m0/s1. The third kappa shape index (κ3) is 6.66. The van der Waals surface area contributed by atoms with E-state index in [9.17, 15) is 17.6 Å². The van der Waals surface area contributed by atoms with Crippen LogP contribution in [-0.4, -0.2) is 58.6 Å². The Balaban J connectivity index is 1.47. The SMILES string of the molecule is COc1ccc(S(=O)(=O)N[C@@H](C)C(=O)NC2CCN(Cc3ccc(OC)c(F)c3)CC2)cc1. The first-order chi connectivity index (χ1) is 15.7. The second-order valence-electron chi connectivity index (χ2n) is 8.05.